The molecule has 0 aromatic heterocycles. The number of hydrogen-bond acceptors (Lipinski definition) is 2. The molecule has 0 radical (unpaired) electrons. The summed E-state index contributed by atoms with van der Waals surface area (Å²) < 4.78 is 0. The maximum atomic E-state index is 11.5. The number of likely N-dealkylation sites (tertiary alicyclic amines) is 1. The average Bonchev–Trinajstić information content (AvgIpc) is 2.28. The van der Waals surface area contributed by atoms with Crippen LogP contribution in [0.3, 0.4) is 0 Å². The van der Waals surface area contributed by atoms with E-state index in [0.29, 0.717) is 31.4 Å². The number of aliphatic imine (C=N–C) groups is 1. The van der Waals surface area contributed by atoms with Crippen LogP contribution in [0.4, 0.5) is 0 Å². The first-order valence-electron chi connectivity index (χ1n) is 5.91. The number of nitrogens with one attached hydrogen (secondary N) is 1. The van der Waals surface area contributed by atoms with Crippen LogP contribution in [0, 0.1) is 5.92 Å². The predicted molar refractivity (Wildman–Crippen MR) is 69.7 cm³/mol. The van der Waals surface area contributed by atoms with Crippen molar-refractivity contribution >= 4 is 11.9 Å². The molecule has 0 aliphatic carbocycles. The minimum Gasteiger partial charge on any atom is -0.370 e. The SMILES string of the molecule is C=C(C)CN=C(N)NCC1CCN(C)C(=O)C1. The van der Waals surface area contributed by atoms with Gasteiger partial charge in [0.1, 0.15) is 0 Å². The molecule has 1 aliphatic heterocycles. The molecule has 1 amide bonds. The zero-order valence-corrected chi connectivity index (χ0v) is 10.7. The van der Waals surface area contributed by atoms with Crippen molar-refractivity contribution < 1.29 is 4.79 Å². The number of piperidine rings is 1. The van der Waals surface area contributed by atoms with Gasteiger partial charge in [0, 0.05) is 26.6 Å². The van der Waals surface area contributed by atoms with Crippen molar-refractivity contribution in [1.82, 2.24) is 10.2 Å². The summed E-state index contributed by atoms with van der Waals surface area (Å²) in [5.74, 6) is 0.997. The van der Waals surface area contributed by atoms with Crippen molar-refractivity contribution in [3.8, 4) is 0 Å². The van der Waals surface area contributed by atoms with Gasteiger partial charge in [-0.1, -0.05) is 12.2 Å². The first-order valence-corrected chi connectivity index (χ1v) is 5.91. The summed E-state index contributed by atoms with van der Waals surface area (Å²) >= 11 is 0. The standard InChI is InChI=1S/C12H22N4O/c1-9(2)7-14-12(13)15-8-10-4-5-16(3)11(17)6-10/h10H,1,4-8H2,2-3H3,(H3,13,14,15). The largest absolute Gasteiger partial charge is 0.370 e. The van der Waals surface area contributed by atoms with E-state index in [9.17, 15) is 4.79 Å². The lowest BCUT2D eigenvalue weighted by molar-refractivity contribution is -0.133. The number of rotatable bonds is 4. The maximum Gasteiger partial charge on any atom is 0.222 e. The highest BCUT2D eigenvalue weighted by molar-refractivity contribution is 5.78. The molecule has 0 aromatic rings. The van der Waals surface area contributed by atoms with Crippen LogP contribution in [-0.4, -0.2) is 43.4 Å². The summed E-state index contributed by atoms with van der Waals surface area (Å²) in [6.07, 6.45) is 1.61. The first kappa shape index (κ1) is 13.5. The fourth-order valence-corrected chi connectivity index (χ4v) is 1.70. The summed E-state index contributed by atoms with van der Waals surface area (Å²) in [4.78, 5) is 17.4. The molecule has 0 bridgehead atoms. The second-order valence-electron chi connectivity index (χ2n) is 4.71. The smallest absolute Gasteiger partial charge is 0.222 e. The van der Waals surface area contributed by atoms with Crippen LogP contribution in [0.2, 0.25) is 0 Å². The predicted octanol–water partition coefficient (Wildman–Crippen LogP) is 0.335. The highest BCUT2D eigenvalue weighted by Crippen LogP contribution is 2.15. The van der Waals surface area contributed by atoms with E-state index in [-0.39, 0.29) is 5.91 Å². The van der Waals surface area contributed by atoms with Gasteiger partial charge in [0.05, 0.1) is 6.54 Å². The highest BCUT2D eigenvalue weighted by Gasteiger charge is 2.22. The van der Waals surface area contributed by atoms with Crippen molar-refractivity contribution in [2.75, 3.05) is 26.7 Å². The van der Waals surface area contributed by atoms with Gasteiger partial charge in [-0.15, -0.1) is 0 Å². The number of carbonyl (C=O) groups excluding carboxylic acids is 1. The van der Waals surface area contributed by atoms with Gasteiger partial charge in [0.2, 0.25) is 5.91 Å². The minimum atomic E-state index is 0.209. The monoisotopic (exact) mass is 238 g/mol. The molecule has 96 valence electrons. The Morgan fingerprint density at radius 1 is 1.71 bits per heavy atom. The van der Waals surface area contributed by atoms with Crippen LogP contribution < -0.4 is 11.1 Å². The van der Waals surface area contributed by atoms with Gasteiger partial charge in [-0.3, -0.25) is 4.79 Å². The molecule has 5 heteroatoms. The lowest BCUT2D eigenvalue weighted by Gasteiger charge is -2.28. The van der Waals surface area contributed by atoms with Crippen molar-refractivity contribution in [3.05, 3.63) is 12.2 Å². The molecular formula is C12H22N4O. The van der Waals surface area contributed by atoms with E-state index in [4.69, 9.17) is 5.73 Å². The minimum absolute atomic E-state index is 0.209. The third kappa shape index (κ3) is 4.89. The summed E-state index contributed by atoms with van der Waals surface area (Å²) in [5.41, 5.74) is 6.68. The van der Waals surface area contributed by atoms with Crippen LogP contribution in [0.1, 0.15) is 19.8 Å². The molecule has 1 atom stereocenters. The van der Waals surface area contributed by atoms with E-state index in [2.05, 4.69) is 16.9 Å². The molecule has 3 N–H and O–H groups in total. The molecule has 1 fully saturated rings. The molecule has 1 saturated heterocycles. The Hall–Kier alpha value is -1.52. The number of guanidine groups is 1. The van der Waals surface area contributed by atoms with Crippen molar-refractivity contribution in [3.63, 3.8) is 0 Å². The third-order valence-corrected chi connectivity index (χ3v) is 2.85. The van der Waals surface area contributed by atoms with Crippen molar-refractivity contribution in [2.24, 2.45) is 16.6 Å². The van der Waals surface area contributed by atoms with Crippen LogP contribution in [0.5, 0.6) is 0 Å². The Balaban J connectivity index is 2.29. The normalized spacial score (nSPS) is 21.5. The van der Waals surface area contributed by atoms with Crippen LogP contribution in [0.15, 0.2) is 17.1 Å². The number of amides is 1. The summed E-state index contributed by atoms with van der Waals surface area (Å²) in [5, 5.41) is 3.06. The fraction of sp³-hybridized carbons (Fsp3) is 0.667. The quantitative estimate of drug-likeness (QED) is 0.421. The lowest BCUT2D eigenvalue weighted by atomic mass is 9.97. The molecule has 5 nitrogen and oxygen atoms in total. The number of nitrogens with zero attached hydrogens (tertiary/aromatic N) is 2. The molecule has 1 unspecified atom stereocenters. The van der Waals surface area contributed by atoms with Gasteiger partial charge in [0.15, 0.2) is 5.96 Å². The Kier molecular flexibility index (Phi) is 5.00. The average molecular weight is 238 g/mol. The third-order valence-electron chi connectivity index (χ3n) is 2.85. The van der Waals surface area contributed by atoms with E-state index in [1.54, 1.807) is 4.90 Å². The van der Waals surface area contributed by atoms with Crippen LogP contribution in [-0.2, 0) is 4.79 Å². The summed E-state index contributed by atoms with van der Waals surface area (Å²) in [6, 6.07) is 0. The number of carbonyl (C=O) groups is 1. The van der Waals surface area contributed by atoms with E-state index in [0.717, 1.165) is 18.5 Å². The van der Waals surface area contributed by atoms with E-state index in [1.165, 1.54) is 0 Å². The molecule has 0 spiro atoms. The van der Waals surface area contributed by atoms with Crippen LogP contribution >= 0.6 is 0 Å². The molecule has 1 rings (SSSR count). The fourth-order valence-electron chi connectivity index (χ4n) is 1.70. The van der Waals surface area contributed by atoms with Crippen LogP contribution in [0.25, 0.3) is 0 Å². The van der Waals surface area contributed by atoms with Gasteiger partial charge < -0.3 is 16.0 Å². The lowest BCUT2D eigenvalue weighted by Crippen LogP contribution is -2.42. The van der Waals surface area contributed by atoms with Crippen molar-refractivity contribution in [2.45, 2.75) is 19.8 Å². The molecule has 0 saturated carbocycles. The van der Waals surface area contributed by atoms with Gasteiger partial charge in [-0.05, 0) is 19.3 Å². The Bertz CT molecular complexity index is 324. The zero-order chi connectivity index (χ0) is 12.8. The maximum absolute atomic E-state index is 11.5. The Morgan fingerprint density at radius 3 is 3.00 bits per heavy atom. The Morgan fingerprint density at radius 2 is 2.41 bits per heavy atom. The highest BCUT2D eigenvalue weighted by atomic mass is 16.2. The van der Waals surface area contributed by atoms with E-state index >= 15 is 0 Å². The summed E-state index contributed by atoms with van der Waals surface area (Å²) in [7, 11) is 1.84. The molecule has 17 heavy (non-hydrogen) atoms. The van der Waals surface area contributed by atoms with E-state index < -0.39 is 0 Å². The first-order chi connectivity index (χ1) is 7.99. The number of hydrogen-bond donors (Lipinski definition) is 2. The zero-order valence-electron chi connectivity index (χ0n) is 10.7. The second kappa shape index (κ2) is 6.27. The van der Waals surface area contributed by atoms with Gasteiger partial charge >= 0.3 is 0 Å². The Labute approximate surface area is 103 Å². The molecular weight excluding hydrogens is 216 g/mol. The van der Waals surface area contributed by atoms with Crippen molar-refractivity contribution in [1.29, 1.82) is 0 Å². The van der Waals surface area contributed by atoms with E-state index in [1.807, 2.05) is 14.0 Å². The molecule has 1 aliphatic rings. The topological polar surface area (TPSA) is 70.7 Å². The molecule has 0 aromatic carbocycles. The number of nitrogens with two attached hydrogens (primary N) is 1. The van der Waals surface area contributed by atoms with Gasteiger partial charge in [-0.2, -0.15) is 0 Å². The molecule has 1 heterocycles. The van der Waals surface area contributed by atoms with Gasteiger partial charge in [0.25, 0.3) is 0 Å². The summed E-state index contributed by atoms with van der Waals surface area (Å²) in [6.45, 7) is 7.75. The second-order valence-corrected chi connectivity index (χ2v) is 4.71. The van der Waals surface area contributed by atoms with Gasteiger partial charge in [-0.25, -0.2) is 4.99 Å².